The zero-order valence-electron chi connectivity index (χ0n) is 12.5. The summed E-state index contributed by atoms with van der Waals surface area (Å²) in [7, 11) is 0. The average molecular weight is 337 g/mol. The van der Waals surface area contributed by atoms with Crippen LogP contribution in [-0.4, -0.2) is 27.5 Å². The van der Waals surface area contributed by atoms with E-state index in [0.29, 0.717) is 12.2 Å². The summed E-state index contributed by atoms with van der Waals surface area (Å²) >= 11 is 0. The van der Waals surface area contributed by atoms with Crippen molar-refractivity contribution in [3.05, 3.63) is 35.8 Å². The highest BCUT2D eigenvalue weighted by atomic mass is 19.4. The largest absolute Gasteiger partial charge is 0.433 e. The molecule has 2 aromatic heterocycles. The molecule has 24 heavy (non-hydrogen) atoms. The van der Waals surface area contributed by atoms with Crippen LogP contribution >= 0.6 is 0 Å². The van der Waals surface area contributed by atoms with Gasteiger partial charge in [0.25, 0.3) is 0 Å². The average Bonchev–Trinajstić information content (AvgIpc) is 3.19. The number of nitriles is 1. The minimum Gasteiger partial charge on any atom is -0.376 e. The van der Waals surface area contributed by atoms with Gasteiger partial charge in [-0.3, -0.25) is 4.68 Å². The van der Waals surface area contributed by atoms with Gasteiger partial charge in [0.05, 0.1) is 30.1 Å². The Morgan fingerprint density at radius 2 is 2.25 bits per heavy atom. The summed E-state index contributed by atoms with van der Waals surface area (Å²) in [5.41, 5.74) is -0.582. The van der Waals surface area contributed by atoms with Crippen molar-refractivity contribution in [3.63, 3.8) is 0 Å². The smallest absolute Gasteiger partial charge is 0.376 e. The first kappa shape index (κ1) is 16.3. The van der Waals surface area contributed by atoms with Crippen LogP contribution in [0.1, 0.15) is 24.1 Å². The van der Waals surface area contributed by atoms with E-state index in [-0.39, 0.29) is 17.5 Å². The maximum Gasteiger partial charge on any atom is 0.433 e. The number of anilines is 2. The predicted octanol–water partition coefficient (Wildman–Crippen LogP) is 3.09. The summed E-state index contributed by atoms with van der Waals surface area (Å²) in [6.07, 6.45) is 0.601. The Kier molecular flexibility index (Phi) is 4.40. The van der Waals surface area contributed by atoms with Gasteiger partial charge in [-0.15, -0.1) is 0 Å². The third-order valence-corrected chi connectivity index (χ3v) is 3.62. The second-order valence-corrected chi connectivity index (χ2v) is 5.41. The first-order valence-electron chi connectivity index (χ1n) is 7.35. The van der Waals surface area contributed by atoms with E-state index in [1.807, 2.05) is 6.07 Å². The first-order chi connectivity index (χ1) is 11.5. The zero-order valence-corrected chi connectivity index (χ0v) is 12.5. The number of rotatable bonds is 4. The Balaban J connectivity index is 1.77. The standard InChI is InChI=1S/C15H14F3N5O/c16-15(17,18)13-4-3-10(6-19)14(22-13)21-11-7-20-23(8-11)9-12-2-1-5-24-12/h3-4,7-8,12H,1-2,5,9H2,(H,21,22). The van der Waals surface area contributed by atoms with Crippen LogP contribution in [0.3, 0.4) is 0 Å². The van der Waals surface area contributed by atoms with E-state index >= 15 is 0 Å². The van der Waals surface area contributed by atoms with Gasteiger partial charge in [-0.25, -0.2) is 4.98 Å². The van der Waals surface area contributed by atoms with E-state index in [1.165, 1.54) is 6.20 Å². The lowest BCUT2D eigenvalue weighted by Gasteiger charge is -2.10. The van der Waals surface area contributed by atoms with Crippen LogP contribution < -0.4 is 5.32 Å². The van der Waals surface area contributed by atoms with E-state index in [9.17, 15) is 13.2 Å². The van der Waals surface area contributed by atoms with Crippen LogP contribution in [0.5, 0.6) is 0 Å². The summed E-state index contributed by atoms with van der Waals surface area (Å²) < 4.78 is 45.5. The Morgan fingerprint density at radius 3 is 2.92 bits per heavy atom. The van der Waals surface area contributed by atoms with Gasteiger partial charge in [0.15, 0.2) is 0 Å². The molecule has 0 bridgehead atoms. The topological polar surface area (TPSA) is 75.8 Å². The number of aromatic nitrogens is 3. The molecule has 6 nitrogen and oxygen atoms in total. The number of ether oxygens (including phenoxy) is 1. The molecule has 0 saturated carbocycles. The molecule has 1 fully saturated rings. The minimum absolute atomic E-state index is 0.0230. The molecular weight excluding hydrogens is 323 g/mol. The molecule has 1 aliphatic rings. The van der Waals surface area contributed by atoms with E-state index in [2.05, 4.69) is 15.4 Å². The summed E-state index contributed by atoms with van der Waals surface area (Å²) in [4.78, 5) is 3.50. The molecule has 0 spiro atoms. The number of nitrogens with zero attached hydrogens (tertiary/aromatic N) is 4. The van der Waals surface area contributed by atoms with E-state index in [4.69, 9.17) is 10.00 Å². The predicted molar refractivity (Wildman–Crippen MR) is 78.4 cm³/mol. The molecule has 126 valence electrons. The van der Waals surface area contributed by atoms with Gasteiger partial charge in [-0.1, -0.05) is 0 Å². The summed E-state index contributed by atoms with van der Waals surface area (Å²) in [6, 6.07) is 3.70. The van der Waals surface area contributed by atoms with E-state index < -0.39 is 11.9 Å². The minimum atomic E-state index is -4.57. The molecule has 1 unspecified atom stereocenters. The molecule has 1 aliphatic heterocycles. The van der Waals surface area contributed by atoms with Crippen LogP contribution in [0.4, 0.5) is 24.7 Å². The summed E-state index contributed by atoms with van der Waals surface area (Å²) in [5, 5.41) is 15.9. The van der Waals surface area contributed by atoms with Crippen molar-refractivity contribution in [1.29, 1.82) is 5.26 Å². The Morgan fingerprint density at radius 1 is 1.42 bits per heavy atom. The van der Waals surface area contributed by atoms with Gasteiger partial charge < -0.3 is 10.1 Å². The fourth-order valence-electron chi connectivity index (χ4n) is 2.46. The molecule has 3 rings (SSSR count). The van der Waals surface area contributed by atoms with Gasteiger partial charge in [-0.05, 0) is 25.0 Å². The van der Waals surface area contributed by atoms with Crippen LogP contribution in [0, 0.1) is 11.3 Å². The molecule has 0 radical (unpaired) electrons. The molecule has 0 aromatic carbocycles. The monoisotopic (exact) mass is 337 g/mol. The third-order valence-electron chi connectivity index (χ3n) is 3.62. The maximum absolute atomic E-state index is 12.8. The number of hydrogen-bond acceptors (Lipinski definition) is 5. The highest BCUT2D eigenvalue weighted by Crippen LogP contribution is 2.30. The maximum atomic E-state index is 12.8. The Labute approximate surface area is 135 Å². The van der Waals surface area contributed by atoms with Crippen molar-refractivity contribution >= 4 is 11.5 Å². The molecule has 2 aromatic rings. The fourth-order valence-corrected chi connectivity index (χ4v) is 2.46. The van der Waals surface area contributed by atoms with E-state index in [0.717, 1.165) is 31.6 Å². The number of alkyl halides is 3. The number of nitrogens with one attached hydrogen (secondary N) is 1. The number of halogens is 3. The van der Waals surface area contributed by atoms with Crippen LogP contribution in [0.15, 0.2) is 24.5 Å². The second kappa shape index (κ2) is 6.49. The quantitative estimate of drug-likeness (QED) is 0.928. The van der Waals surface area contributed by atoms with Crippen LogP contribution in [-0.2, 0) is 17.5 Å². The lowest BCUT2D eigenvalue weighted by molar-refractivity contribution is -0.141. The summed E-state index contributed by atoms with van der Waals surface area (Å²) in [5.74, 6) is -0.149. The number of hydrogen-bond donors (Lipinski definition) is 1. The highest BCUT2D eigenvalue weighted by Gasteiger charge is 2.33. The van der Waals surface area contributed by atoms with Crippen molar-refractivity contribution in [3.8, 4) is 6.07 Å². The fraction of sp³-hybridized carbons (Fsp3) is 0.400. The first-order valence-corrected chi connectivity index (χ1v) is 7.35. The van der Waals surface area contributed by atoms with Gasteiger partial charge >= 0.3 is 6.18 Å². The Bertz CT molecular complexity index is 759. The molecule has 9 heteroatoms. The Hall–Kier alpha value is -2.60. The van der Waals surface area contributed by atoms with Crippen molar-refractivity contribution in [2.24, 2.45) is 0 Å². The lowest BCUT2D eigenvalue weighted by atomic mass is 10.2. The molecule has 0 aliphatic carbocycles. The summed E-state index contributed by atoms with van der Waals surface area (Å²) in [6.45, 7) is 1.31. The normalized spacial score (nSPS) is 17.7. The van der Waals surface area contributed by atoms with Crippen LogP contribution in [0.2, 0.25) is 0 Å². The van der Waals surface area contributed by atoms with Gasteiger partial charge in [0, 0.05) is 12.8 Å². The number of pyridine rings is 1. The van der Waals surface area contributed by atoms with Gasteiger partial charge in [0.2, 0.25) is 0 Å². The van der Waals surface area contributed by atoms with Gasteiger partial charge in [-0.2, -0.15) is 23.5 Å². The van der Waals surface area contributed by atoms with Crippen molar-refractivity contribution < 1.29 is 17.9 Å². The van der Waals surface area contributed by atoms with E-state index in [1.54, 1.807) is 10.9 Å². The van der Waals surface area contributed by atoms with Crippen molar-refractivity contribution in [1.82, 2.24) is 14.8 Å². The van der Waals surface area contributed by atoms with Crippen molar-refractivity contribution in [2.45, 2.75) is 31.7 Å². The van der Waals surface area contributed by atoms with Crippen molar-refractivity contribution in [2.75, 3.05) is 11.9 Å². The van der Waals surface area contributed by atoms with Crippen LogP contribution in [0.25, 0.3) is 0 Å². The lowest BCUT2D eigenvalue weighted by Crippen LogP contribution is -2.15. The highest BCUT2D eigenvalue weighted by molar-refractivity contribution is 5.61. The third kappa shape index (κ3) is 3.65. The SMILES string of the molecule is N#Cc1ccc(C(F)(F)F)nc1Nc1cnn(CC2CCCO2)c1. The molecule has 1 saturated heterocycles. The molecule has 0 amide bonds. The second-order valence-electron chi connectivity index (χ2n) is 5.41. The zero-order chi connectivity index (χ0) is 17.2. The molecule has 3 heterocycles. The van der Waals surface area contributed by atoms with Gasteiger partial charge in [0.1, 0.15) is 17.6 Å². The molecular formula is C15H14F3N5O. The molecule has 1 N–H and O–H groups in total. The molecule has 1 atom stereocenters.